The monoisotopic (exact) mass is 264 g/mol. The fourth-order valence-electron chi connectivity index (χ4n) is 3.87. The van der Waals surface area contributed by atoms with E-state index in [2.05, 4.69) is 17.2 Å². The zero-order chi connectivity index (χ0) is 13.3. The highest BCUT2D eigenvalue weighted by Gasteiger charge is 2.56. The van der Waals surface area contributed by atoms with Gasteiger partial charge in [0.25, 0.3) is 0 Å². The molecule has 0 amide bonds. The molecule has 3 rings (SSSR count). The molecular formula is C15H24N2O2. The number of hydrogen-bond acceptors (Lipinski definition) is 4. The van der Waals surface area contributed by atoms with Gasteiger partial charge in [-0.2, -0.15) is 0 Å². The highest BCUT2D eigenvalue weighted by atomic mass is 16.5. The molecular weight excluding hydrogens is 240 g/mol. The van der Waals surface area contributed by atoms with E-state index in [0.29, 0.717) is 17.6 Å². The van der Waals surface area contributed by atoms with Crippen LogP contribution >= 0.6 is 0 Å². The third-order valence-corrected chi connectivity index (χ3v) is 4.86. The van der Waals surface area contributed by atoms with Crippen molar-refractivity contribution in [2.75, 3.05) is 6.61 Å². The molecule has 1 aromatic rings. The SMILES string of the molecule is CCOC1CC(NCc2ncc(C)o2)C12CCCC2. The molecule has 4 heteroatoms. The molecule has 2 fully saturated rings. The highest BCUT2D eigenvalue weighted by molar-refractivity contribution is 5.10. The smallest absolute Gasteiger partial charge is 0.208 e. The number of rotatable bonds is 5. The number of aromatic nitrogens is 1. The predicted molar refractivity (Wildman–Crippen MR) is 72.8 cm³/mol. The summed E-state index contributed by atoms with van der Waals surface area (Å²) in [5, 5.41) is 3.63. The molecule has 2 aliphatic carbocycles. The van der Waals surface area contributed by atoms with Gasteiger partial charge in [0, 0.05) is 18.1 Å². The third kappa shape index (κ3) is 2.32. The van der Waals surface area contributed by atoms with Gasteiger partial charge in [0.05, 0.1) is 18.8 Å². The van der Waals surface area contributed by atoms with Crippen LogP contribution in [0.3, 0.4) is 0 Å². The summed E-state index contributed by atoms with van der Waals surface area (Å²) in [4.78, 5) is 4.26. The van der Waals surface area contributed by atoms with Gasteiger partial charge in [-0.15, -0.1) is 0 Å². The van der Waals surface area contributed by atoms with Gasteiger partial charge in [0.15, 0.2) is 0 Å². The number of aryl methyl sites for hydroxylation is 1. The number of oxazole rings is 1. The molecule has 2 unspecified atom stereocenters. The summed E-state index contributed by atoms with van der Waals surface area (Å²) in [7, 11) is 0. The van der Waals surface area contributed by atoms with Crippen LogP contribution in [-0.2, 0) is 11.3 Å². The fraction of sp³-hybridized carbons (Fsp3) is 0.800. The summed E-state index contributed by atoms with van der Waals surface area (Å²) in [5.41, 5.74) is 0.387. The minimum Gasteiger partial charge on any atom is -0.445 e. The fourth-order valence-corrected chi connectivity index (χ4v) is 3.87. The van der Waals surface area contributed by atoms with Crippen LogP contribution in [0.2, 0.25) is 0 Å². The van der Waals surface area contributed by atoms with Crippen LogP contribution < -0.4 is 5.32 Å². The average molecular weight is 264 g/mol. The van der Waals surface area contributed by atoms with Crippen LogP contribution in [0, 0.1) is 12.3 Å². The summed E-state index contributed by atoms with van der Waals surface area (Å²) in [6.45, 7) is 5.60. The summed E-state index contributed by atoms with van der Waals surface area (Å²) in [5.74, 6) is 1.68. The molecule has 0 saturated heterocycles. The normalized spacial score (nSPS) is 28.7. The maximum atomic E-state index is 5.92. The van der Waals surface area contributed by atoms with Crippen molar-refractivity contribution in [3.63, 3.8) is 0 Å². The maximum absolute atomic E-state index is 5.92. The summed E-state index contributed by atoms with van der Waals surface area (Å²) >= 11 is 0. The average Bonchev–Trinajstić information content (AvgIpc) is 3.03. The molecule has 4 nitrogen and oxygen atoms in total. The zero-order valence-corrected chi connectivity index (χ0v) is 11.9. The molecule has 1 aromatic heterocycles. The first-order valence-electron chi connectivity index (χ1n) is 7.51. The lowest BCUT2D eigenvalue weighted by atomic mass is 9.60. The molecule has 0 bridgehead atoms. The Kier molecular flexibility index (Phi) is 3.63. The van der Waals surface area contributed by atoms with Gasteiger partial charge >= 0.3 is 0 Å². The van der Waals surface area contributed by atoms with Crippen molar-refractivity contribution in [1.82, 2.24) is 10.3 Å². The first-order chi connectivity index (χ1) is 9.24. The van der Waals surface area contributed by atoms with Crippen molar-refractivity contribution in [2.24, 2.45) is 5.41 Å². The first kappa shape index (κ1) is 13.1. The van der Waals surface area contributed by atoms with E-state index in [-0.39, 0.29) is 0 Å². The van der Waals surface area contributed by atoms with E-state index in [4.69, 9.17) is 9.15 Å². The van der Waals surface area contributed by atoms with Crippen LogP contribution in [-0.4, -0.2) is 23.7 Å². The Hall–Kier alpha value is -0.870. The van der Waals surface area contributed by atoms with E-state index < -0.39 is 0 Å². The van der Waals surface area contributed by atoms with E-state index in [1.165, 1.54) is 25.7 Å². The van der Waals surface area contributed by atoms with Crippen LogP contribution in [0.5, 0.6) is 0 Å². The van der Waals surface area contributed by atoms with Crippen molar-refractivity contribution >= 4 is 0 Å². The summed E-state index contributed by atoms with van der Waals surface area (Å²) in [6, 6.07) is 0.568. The lowest BCUT2D eigenvalue weighted by Crippen LogP contribution is -2.62. The predicted octanol–water partition coefficient (Wildman–Crippen LogP) is 2.81. The van der Waals surface area contributed by atoms with Gasteiger partial charge < -0.3 is 14.5 Å². The van der Waals surface area contributed by atoms with Crippen LogP contribution in [0.15, 0.2) is 10.6 Å². The second-order valence-electron chi connectivity index (χ2n) is 5.92. The van der Waals surface area contributed by atoms with E-state index in [9.17, 15) is 0 Å². The number of nitrogens with zero attached hydrogens (tertiary/aromatic N) is 1. The van der Waals surface area contributed by atoms with Gasteiger partial charge in [-0.05, 0) is 33.1 Å². The van der Waals surface area contributed by atoms with Crippen molar-refractivity contribution in [2.45, 2.75) is 64.6 Å². The number of ether oxygens (including phenoxy) is 1. The van der Waals surface area contributed by atoms with Crippen molar-refractivity contribution < 1.29 is 9.15 Å². The van der Waals surface area contributed by atoms with Crippen LogP contribution in [0.25, 0.3) is 0 Å². The topological polar surface area (TPSA) is 47.3 Å². The quantitative estimate of drug-likeness (QED) is 0.888. The Morgan fingerprint density at radius 2 is 2.26 bits per heavy atom. The lowest BCUT2D eigenvalue weighted by Gasteiger charge is -2.54. The van der Waals surface area contributed by atoms with Gasteiger partial charge in [-0.25, -0.2) is 4.98 Å². The minimum absolute atomic E-state index is 0.387. The molecule has 2 saturated carbocycles. The van der Waals surface area contributed by atoms with Crippen molar-refractivity contribution in [3.05, 3.63) is 17.8 Å². The second-order valence-corrected chi connectivity index (χ2v) is 5.92. The van der Waals surface area contributed by atoms with E-state index in [0.717, 1.165) is 31.2 Å². The highest BCUT2D eigenvalue weighted by Crippen LogP contribution is 2.54. The Balaban J connectivity index is 1.59. The maximum Gasteiger partial charge on any atom is 0.208 e. The molecule has 0 aromatic carbocycles. The second kappa shape index (κ2) is 5.25. The Morgan fingerprint density at radius 1 is 1.47 bits per heavy atom. The molecule has 106 valence electrons. The molecule has 1 N–H and O–H groups in total. The number of hydrogen-bond donors (Lipinski definition) is 1. The minimum atomic E-state index is 0.387. The Morgan fingerprint density at radius 3 is 2.89 bits per heavy atom. The first-order valence-corrected chi connectivity index (χ1v) is 7.51. The largest absolute Gasteiger partial charge is 0.445 e. The van der Waals surface area contributed by atoms with Gasteiger partial charge in [0.1, 0.15) is 5.76 Å². The van der Waals surface area contributed by atoms with Gasteiger partial charge in [-0.3, -0.25) is 0 Å². The van der Waals surface area contributed by atoms with Crippen molar-refractivity contribution in [1.29, 1.82) is 0 Å². The van der Waals surface area contributed by atoms with Crippen LogP contribution in [0.4, 0.5) is 0 Å². The van der Waals surface area contributed by atoms with E-state index >= 15 is 0 Å². The van der Waals surface area contributed by atoms with Gasteiger partial charge in [-0.1, -0.05) is 12.8 Å². The molecule has 2 aliphatic rings. The zero-order valence-electron chi connectivity index (χ0n) is 11.9. The summed E-state index contributed by atoms with van der Waals surface area (Å²) in [6.07, 6.45) is 8.68. The molecule has 1 heterocycles. The Bertz CT molecular complexity index is 424. The molecule has 1 spiro atoms. The Labute approximate surface area is 114 Å². The molecule has 0 radical (unpaired) electrons. The van der Waals surface area contributed by atoms with Crippen LogP contribution in [0.1, 0.15) is 50.7 Å². The van der Waals surface area contributed by atoms with Gasteiger partial charge in [0.2, 0.25) is 5.89 Å². The number of nitrogens with one attached hydrogen (secondary N) is 1. The molecule has 2 atom stereocenters. The standard InChI is InChI=1S/C15H24N2O2/c1-3-18-13-8-12(15(13)6-4-5-7-15)16-10-14-17-9-11(2)19-14/h9,12-13,16H,3-8,10H2,1-2H3. The molecule has 19 heavy (non-hydrogen) atoms. The van der Waals surface area contributed by atoms with Crippen molar-refractivity contribution in [3.8, 4) is 0 Å². The lowest BCUT2D eigenvalue weighted by molar-refractivity contribution is -0.131. The van der Waals surface area contributed by atoms with E-state index in [1.54, 1.807) is 6.20 Å². The third-order valence-electron chi connectivity index (χ3n) is 4.86. The van der Waals surface area contributed by atoms with E-state index in [1.807, 2.05) is 6.92 Å². The molecule has 0 aliphatic heterocycles. The summed E-state index contributed by atoms with van der Waals surface area (Å²) < 4.78 is 11.4.